The van der Waals surface area contributed by atoms with E-state index in [0.29, 0.717) is 11.1 Å². The number of halogens is 1. The Balaban J connectivity index is 1.78. The molecule has 0 aromatic heterocycles. The van der Waals surface area contributed by atoms with E-state index in [1.165, 1.54) is 52.1 Å². The smallest absolute Gasteiger partial charge is 0.247 e. The molecule has 11 heteroatoms. The first kappa shape index (κ1) is 28.2. The van der Waals surface area contributed by atoms with E-state index >= 15 is 0 Å². The van der Waals surface area contributed by atoms with Crippen molar-refractivity contribution in [1.29, 1.82) is 0 Å². The summed E-state index contributed by atoms with van der Waals surface area (Å²) in [6.45, 7) is 2.95. The average Bonchev–Trinajstić information content (AvgIpc) is 2.90. The maximum atomic E-state index is 13.9. The molecule has 0 aliphatic carbocycles. The molecule has 1 aliphatic heterocycles. The van der Waals surface area contributed by atoms with Gasteiger partial charge >= 0.3 is 0 Å². The highest BCUT2D eigenvalue weighted by Gasteiger charge is 2.39. The van der Waals surface area contributed by atoms with Crippen LogP contribution in [0.5, 0.6) is 5.75 Å². The number of nitrogens with zero attached hydrogens (tertiary/aromatic N) is 2. The molecule has 0 unspecified atom stereocenters. The van der Waals surface area contributed by atoms with Crippen molar-refractivity contribution >= 4 is 20.0 Å². The molecule has 0 saturated carbocycles. The summed E-state index contributed by atoms with van der Waals surface area (Å²) in [7, 11) is -6.46. The zero-order valence-electron chi connectivity index (χ0n) is 21.4. The maximum absolute atomic E-state index is 13.9. The fourth-order valence-electron chi connectivity index (χ4n) is 4.42. The minimum absolute atomic E-state index is 0.0129. The minimum atomic E-state index is -4.07. The van der Waals surface area contributed by atoms with Crippen molar-refractivity contribution < 1.29 is 31.1 Å². The highest BCUT2D eigenvalue weighted by atomic mass is 32.2. The monoisotopic (exact) mass is 562 g/mol. The van der Waals surface area contributed by atoms with Gasteiger partial charge in [0.2, 0.25) is 20.0 Å². The third-order valence-corrected chi connectivity index (χ3v) is 10.6. The Kier molecular flexibility index (Phi) is 8.24. The summed E-state index contributed by atoms with van der Waals surface area (Å²) in [5, 5.41) is 9.82. The second kappa shape index (κ2) is 11.1. The number of fused-ring (bicyclic) bond motifs is 1. The van der Waals surface area contributed by atoms with E-state index in [1.807, 2.05) is 0 Å². The molecule has 3 atom stereocenters. The van der Waals surface area contributed by atoms with Crippen LogP contribution >= 0.6 is 0 Å². The summed E-state index contributed by atoms with van der Waals surface area (Å²) >= 11 is 0. The zero-order chi connectivity index (χ0) is 27.7. The lowest BCUT2D eigenvalue weighted by molar-refractivity contribution is 0.0905. The van der Waals surface area contributed by atoms with Crippen molar-refractivity contribution in [2.24, 2.45) is 5.92 Å². The van der Waals surface area contributed by atoms with Crippen LogP contribution < -0.4 is 4.74 Å². The summed E-state index contributed by atoms with van der Waals surface area (Å²) in [5.74, 6) is -0.855. The van der Waals surface area contributed by atoms with Crippen LogP contribution in [0.25, 0.3) is 11.1 Å². The van der Waals surface area contributed by atoms with Crippen molar-refractivity contribution in [1.82, 2.24) is 8.61 Å². The Hall–Kier alpha value is -2.83. The number of hydrogen-bond donors (Lipinski definition) is 1. The van der Waals surface area contributed by atoms with E-state index in [-0.39, 0.29) is 28.6 Å². The molecule has 8 nitrogen and oxygen atoms in total. The third-order valence-electron chi connectivity index (χ3n) is 6.71. The number of benzene rings is 3. The molecule has 204 valence electrons. The molecule has 4 rings (SSSR count). The fourth-order valence-corrected chi connectivity index (χ4v) is 7.44. The molecule has 0 spiro atoms. The van der Waals surface area contributed by atoms with Crippen LogP contribution in [0.4, 0.5) is 4.39 Å². The van der Waals surface area contributed by atoms with Crippen LogP contribution in [0.1, 0.15) is 13.8 Å². The van der Waals surface area contributed by atoms with Crippen molar-refractivity contribution in [2.75, 3.05) is 26.7 Å². The van der Waals surface area contributed by atoms with Gasteiger partial charge in [-0.3, -0.25) is 0 Å². The van der Waals surface area contributed by atoms with Gasteiger partial charge in [0, 0.05) is 25.6 Å². The normalized spacial score (nSPS) is 20.7. The first-order valence-corrected chi connectivity index (χ1v) is 15.0. The molecule has 0 radical (unpaired) electrons. The summed E-state index contributed by atoms with van der Waals surface area (Å²) in [4.78, 5) is 0.0244. The van der Waals surface area contributed by atoms with Gasteiger partial charge in [-0.15, -0.1) is 0 Å². The van der Waals surface area contributed by atoms with Gasteiger partial charge in [-0.25, -0.2) is 21.2 Å². The number of likely N-dealkylation sites (N-methyl/N-ethyl adjacent to an activating group) is 1. The maximum Gasteiger partial charge on any atom is 0.247 e. The second-order valence-corrected chi connectivity index (χ2v) is 13.4. The predicted molar refractivity (Wildman–Crippen MR) is 142 cm³/mol. The summed E-state index contributed by atoms with van der Waals surface area (Å²) in [6.07, 6.45) is -0.733. The molecule has 3 aromatic rings. The molecule has 1 N–H and O–H groups in total. The summed E-state index contributed by atoms with van der Waals surface area (Å²) in [5.41, 5.74) is 1.07. The highest BCUT2D eigenvalue weighted by Crippen LogP contribution is 2.37. The van der Waals surface area contributed by atoms with Gasteiger partial charge in [0.25, 0.3) is 0 Å². The van der Waals surface area contributed by atoms with Gasteiger partial charge in [-0.2, -0.15) is 8.61 Å². The SMILES string of the molecule is C[C@H]1CN([C@@H](C)CO)S(=O)(=O)c2ccc(-c3cccc(F)c3)cc2O[C@H]1CN(C)S(=O)(=O)c1ccccc1. The lowest BCUT2D eigenvalue weighted by Crippen LogP contribution is -2.50. The molecule has 0 amide bonds. The molecule has 3 aromatic carbocycles. The topological polar surface area (TPSA) is 104 Å². The highest BCUT2D eigenvalue weighted by molar-refractivity contribution is 7.89. The predicted octanol–water partition coefficient (Wildman–Crippen LogP) is 3.58. The third kappa shape index (κ3) is 5.62. The lowest BCUT2D eigenvalue weighted by Gasteiger charge is -2.37. The Morgan fingerprint density at radius 1 is 1.08 bits per heavy atom. The molecule has 0 fully saturated rings. The number of hydrogen-bond acceptors (Lipinski definition) is 6. The van der Waals surface area contributed by atoms with Gasteiger partial charge in [0.1, 0.15) is 22.6 Å². The second-order valence-electron chi connectivity index (χ2n) is 9.51. The van der Waals surface area contributed by atoms with E-state index in [4.69, 9.17) is 4.74 Å². The minimum Gasteiger partial charge on any atom is -0.487 e. The first-order chi connectivity index (χ1) is 17.9. The quantitative estimate of drug-likeness (QED) is 0.472. The molecular formula is C27H31FN2O6S2. The zero-order valence-corrected chi connectivity index (χ0v) is 23.0. The Bertz CT molecular complexity index is 1500. The fraction of sp³-hybridized carbons (Fsp3) is 0.333. The molecule has 1 heterocycles. The Morgan fingerprint density at radius 2 is 1.76 bits per heavy atom. The van der Waals surface area contributed by atoms with Crippen LogP contribution in [0, 0.1) is 11.7 Å². The van der Waals surface area contributed by atoms with Crippen LogP contribution in [0.2, 0.25) is 0 Å². The van der Waals surface area contributed by atoms with Crippen molar-refractivity contribution in [3.05, 3.63) is 78.6 Å². The largest absolute Gasteiger partial charge is 0.487 e. The van der Waals surface area contributed by atoms with Crippen molar-refractivity contribution in [3.8, 4) is 16.9 Å². The molecule has 1 aliphatic rings. The summed E-state index contributed by atoms with van der Waals surface area (Å²) in [6, 6.07) is 17.7. The van der Waals surface area contributed by atoms with Crippen LogP contribution in [-0.2, 0) is 20.0 Å². The van der Waals surface area contributed by atoms with E-state index in [9.17, 15) is 26.3 Å². The van der Waals surface area contributed by atoms with Crippen molar-refractivity contribution in [3.63, 3.8) is 0 Å². The molecule has 0 saturated heterocycles. The first-order valence-electron chi connectivity index (χ1n) is 12.2. The number of aliphatic hydroxyl groups excluding tert-OH is 1. The standard InChI is InChI=1S/C27H31FN2O6S2/c1-19-16-30(20(2)18-31)38(34,35)27-13-12-22(21-8-7-9-23(28)14-21)15-25(27)36-26(19)17-29(3)37(32,33)24-10-5-4-6-11-24/h4-15,19-20,26,31H,16-18H2,1-3H3/t19-,20-,26-/m0/s1. The Labute approximate surface area is 223 Å². The van der Waals surface area contributed by atoms with Gasteiger partial charge < -0.3 is 9.84 Å². The van der Waals surface area contributed by atoms with Gasteiger partial charge in [0.15, 0.2) is 0 Å². The van der Waals surface area contributed by atoms with Gasteiger partial charge in [0.05, 0.1) is 18.0 Å². The Morgan fingerprint density at radius 3 is 2.42 bits per heavy atom. The molecule has 38 heavy (non-hydrogen) atoms. The molecule has 0 bridgehead atoms. The van der Waals surface area contributed by atoms with Crippen molar-refractivity contribution in [2.45, 2.75) is 35.8 Å². The van der Waals surface area contributed by atoms with Crippen LogP contribution in [-0.4, -0.2) is 69.4 Å². The lowest BCUT2D eigenvalue weighted by atomic mass is 10.0. The molecular weight excluding hydrogens is 531 g/mol. The van der Waals surface area contributed by atoms with E-state index in [2.05, 4.69) is 0 Å². The van der Waals surface area contributed by atoms with E-state index in [0.717, 1.165) is 0 Å². The number of aliphatic hydroxyl groups is 1. The number of rotatable bonds is 7. The van der Waals surface area contributed by atoms with Crippen LogP contribution in [0.3, 0.4) is 0 Å². The number of sulfonamides is 2. The summed E-state index contributed by atoms with van der Waals surface area (Å²) < 4.78 is 76.3. The van der Waals surface area contributed by atoms with E-state index < -0.39 is 50.5 Å². The average molecular weight is 563 g/mol. The number of ether oxygens (including phenoxy) is 1. The van der Waals surface area contributed by atoms with E-state index in [1.54, 1.807) is 50.2 Å². The van der Waals surface area contributed by atoms with Gasteiger partial charge in [-0.05, 0) is 54.4 Å². The van der Waals surface area contributed by atoms with Crippen LogP contribution in [0.15, 0.2) is 82.6 Å². The van der Waals surface area contributed by atoms with Gasteiger partial charge in [-0.1, -0.05) is 43.3 Å².